The Bertz CT molecular complexity index is 787. The highest BCUT2D eigenvalue weighted by molar-refractivity contribution is 6.42. The lowest BCUT2D eigenvalue weighted by Gasteiger charge is -2.35. The summed E-state index contributed by atoms with van der Waals surface area (Å²) in [5.41, 5.74) is 0.948. The van der Waals surface area contributed by atoms with Crippen molar-refractivity contribution in [2.75, 3.05) is 42.9 Å². The number of para-hydroxylation sites is 1. The molecule has 2 aromatic rings. The quantitative estimate of drug-likeness (QED) is 0.794. The third-order valence-electron chi connectivity index (χ3n) is 4.20. The predicted molar refractivity (Wildman–Crippen MR) is 105 cm³/mol. The third kappa shape index (κ3) is 4.60. The van der Waals surface area contributed by atoms with Gasteiger partial charge in [-0.05, 0) is 24.3 Å². The first kappa shape index (κ1) is 19.2. The zero-order valence-corrected chi connectivity index (χ0v) is 16.1. The zero-order chi connectivity index (χ0) is 18.7. The monoisotopic (exact) mass is 415 g/mol. The first-order valence-electron chi connectivity index (χ1n) is 8.10. The maximum Gasteiger partial charge on any atom is 0.238 e. The number of nitrogens with one attached hydrogen (secondary N) is 1. The van der Waals surface area contributed by atoms with E-state index in [2.05, 4.69) is 5.32 Å². The maximum atomic E-state index is 13.9. The lowest BCUT2D eigenvalue weighted by atomic mass is 10.2. The van der Waals surface area contributed by atoms with E-state index in [4.69, 9.17) is 34.8 Å². The van der Waals surface area contributed by atoms with Crippen LogP contribution in [0.1, 0.15) is 0 Å². The van der Waals surface area contributed by atoms with Gasteiger partial charge in [0, 0.05) is 31.2 Å². The van der Waals surface area contributed by atoms with Crippen molar-refractivity contribution in [2.24, 2.45) is 0 Å². The van der Waals surface area contributed by atoms with Crippen LogP contribution in [0, 0.1) is 5.82 Å². The second kappa shape index (κ2) is 8.44. The summed E-state index contributed by atoms with van der Waals surface area (Å²) in [5, 5.41) is 3.72. The van der Waals surface area contributed by atoms with Crippen molar-refractivity contribution in [3.8, 4) is 0 Å². The Morgan fingerprint density at radius 3 is 2.27 bits per heavy atom. The van der Waals surface area contributed by atoms with Crippen molar-refractivity contribution < 1.29 is 9.18 Å². The van der Waals surface area contributed by atoms with Crippen LogP contribution in [0.2, 0.25) is 15.1 Å². The highest BCUT2D eigenvalue weighted by atomic mass is 35.5. The number of nitrogens with zero attached hydrogens (tertiary/aromatic N) is 2. The molecule has 0 unspecified atom stereocenters. The number of carbonyl (C=O) groups is 1. The fraction of sp³-hybridized carbons (Fsp3) is 0.278. The van der Waals surface area contributed by atoms with Crippen LogP contribution in [0.4, 0.5) is 15.8 Å². The van der Waals surface area contributed by atoms with Gasteiger partial charge in [-0.15, -0.1) is 0 Å². The van der Waals surface area contributed by atoms with Gasteiger partial charge < -0.3 is 10.2 Å². The van der Waals surface area contributed by atoms with E-state index >= 15 is 0 Å². The zero-order valence-electron chi connectivity index (χ0n) is 13.8. The molecule has 3 rings (SSSR count). The van der Waals surface area contributed by atoms with E-state index in [0.29, 0.717) is 52.6 Å². The molecule has 1 amide bonds. The van der Waals surface area contributed by atoms with Gasteiger partial charge in [-0.2, -0.15) is 0 Å². The van der Waals surface area contributed by atoms with Crippen LogP contribution in [0.5, 0.6) is 0 Å². The summed E-state index contributed by atoms with van der Waals surface area (Å²) in [4.78, 5) is 16.3. The van der Waals surface area contributed by atoms with Crippen molar-refractivity contribution in [3.05, 3.63) is 57.3 Å². The van der Waals surface area contributed by atoms with Crippen LogP contribution < -0.4 is 10.2 Å². The SMILES string of the molecule is O=C(CN1CCN(c2ccccc2F)CC1)Nc1c(Cl)cc(Cl)cc1Cl. The molecule has 0 spiro atoms. The molecule has 8 heteroatoms. The van der Waals surface area contributed by atoms with E-state index in [1.165, 1.54) is 18.2 Å². The fourth-order valence-electron chi connectivity index (χ4n) is 2.90. The number of hydrogen-bond donors (Lipinski definition) is 1. The van der Waals surface area contributed by atoms with Crippen molar-refractivity contribution in [2.45, 2.75) is 0 Å². The van der Waals surface area contributed by atoms with Crippen LogP contribution >= 0.6 is 34.8 Å². The van der Waals surface area contributed by atoms with Gasteiger partial charge in [-0.1, -0.05) is 46.9 Å². The first-order chi connectivity index (χ1) is 12.4. The molecule has 4 nitrogen and oxygen atoms in total. The Labute approximate surface area is 166 Å². The van der Waals surface area contributed by atoms with Gasteiger partial charge in [0.05, 0.1) is 28.0 Å². The molecule has 1 aliphatic rings. The third-order valence-corrected chi connectivity index (χ3v) is 5.02. The van der Waals surface area contributed by atoms with Crippen molar-refractivity contribution in [1.29, 1.82) is 0 Å². The second-order valence-electron chi connectivity index (χ2n) is 6.01. The summed E-state index contributed by atoms with van der Waals surface area (Å²) in [6, 6.07) is 9.76. The van der Waals surface area contributed by atoms with Crippen LogP contribution in [-0.4, -0.2) is 43.5 Å². The highest BCUT2D eigenvalue weighted by Crippen LogP contribution is 2.33. The van der Waals surface area contributed by atoms with Gasteiger partial charge in [0.1, 0.15) is 5.82 Å². The van der Waals surface area contributed by atoms with E-state index in [9.17, 15) is 9.18 Å². The van der Waals surface area contributed by atoms with E-state index < -0.39 is 0 Å². The van der Waals surface area contributed by atoms with Gasteiger partial charge >= 0.3 is 0 Å². The summed E-state index contributed by atoms with van der Waals surface area (Å²) in [5.74, 6) is -0.443. The average Bonchev–Trinajstić information content (AvgIpc) is 2.59. The summed E-state index contributed by atoms with van der Waals surface area (Å²) in [7, 11) is 0. The molecule has 0 aliphatic carbocycles. The Balaban J connectivity index is 1.55. The van der Waals surface area contributed by atoms with E-state index in [1.54, 1.807) is 12.1 Å². The lowest BCUT2D eigenvalue weighted by molar-refractivity contribution is -0.117. The molecular formula is C18H17Cl3FN3O. The molecule has 0 bridgehead atoms. The van der Waals surface area contributed by atoms with Crippen LogP contribution in [0.15, 0.2) is 36.4 Å². The number of amides is 1. The summed E-state index contributed by atoms with van der Waals surface area (Å²) in [6.45, 7) is 2.82. The minimum Gasteiger partial charge on any atom is -0.367 e. The lowest BCUT2D eigenvalue weighted by Crippen LogP contribution is -2.48. The Morgan fingerprint density at radius 1 is 1.04 bits per heavy atom. The molecule has 0 radical (unpaired) electrons. The van der Waals surface area contributed by atoms with Crippen LogP contribution in [-0.2, 0) is 4.79 Å². The predicted octanol–water partition coefficient (Wildman–Crippen LogP) is 4.55. The number of halogens is 4. The summed E-state index contributed by atoms with van der Waals surface area (Å²) < 4.78 is 13.9. The van der Waals surface area contributed by atoms with Crippen LogP contribution in [0.25, 0.3) is 0 Å². The van der Waals surface area contributed by atoms with Crippen molar-refractivity contribution >= 4 is 52.1 Å². The Kier molecular flexibility index (Phi) is 6.24. The summed E-state index contributed by atoms with van der Waals surface area (Å²) >= 11 is 18.0. The molecule has 1 heterocycles. The molecule has 1 fully saturated rings. The van der Waals surface area contributed by atoms with Gasteiger partial charge in [0.2, 0.25) is 5.91 Å². The molecule has 0 atom stereocenters. The number of anilines is 2. The van der Waals surface area contributed by atoms with E-state index in [-0.39, 0.29) is 18.3 Å². The van der Waals surface area contributed by atoms with E-state index in [0.717, 1.165) is 0 Å². The largest absolute Gasteiger partial charge is 0.367 e. The molecular weight excluding hydrogens is 400 g/mol. The number of piperazine rings is 1. The van der Waals surface area contributed by atoms with E-state index in [1.807, 2.05) is 15.9 Å². The topological polar surface area (TPSA) is 35.6 Å². The molecule has 1 aliphatic heterocycles. The van der Waals surface area contributed by atoms with Crippen molar-refractivity contribution in [3.63, 3.8) is 0 Å². The van der Waals surface area contributed by atoms with Gasteiger partial charge in [0.25, 0.3) is 0 Å². The fourth-order valence-corrected chi connectivity index (χ4v) is 3.81. The van der Waals surface area contributed by atoms with Gasteiger partial charge in [-0.25, -0.2) is 4.39 Å². The molecule has 0 saturated carbocycles. The minimum absolute atomic E-state index is 0.209. The minimum atomic E-state index is -0.231. The number of carbonyl (C=O) groups excluding carboxylic acids is 1. The number of benzene rings is 2. The smallest absolute Gasteiger partial charge is 0.238 e. The normalized spacial score (nSPS) is 15.2. The Morgan fingerprint density at radius 2 is 1.65 bits per heavy atom. The molecule has 1 N–H and O–H groups in total. The molecule has 0 aromatic heterocycles. The molecule has 26 heavy (non-hydrogen) atoms. The van der Waals surface area contributed by atoms with Gasteiger partial charge in [-0.3, -0.25) is 9.69 Å². The maximum absolute atomic E-state index is 13.9. The van der Waals surface area contributed by atoms with Crippen LogP contribution in [0.3, 0.4) is 0 Å². The molecule has 1 saturated heterocycles. The standard InChI is InChI=1S/C18H17Cl3FN3O/c19-12-9-13(20)18(14(21)10-12)23-17(26)11-24-5-7-25(8-6-24)16-4-2-1-3-15(16)22/h1-4,9-10H,5-8,11H2,(H,23,26). The Hall–Kier alpha value is -1.53. The average molecular weight is 417 g/mol. The van der Waals surface area contributed by atoms with Crippen molar-refractivity contribution in [1.82, 2.24) is 4.90 Å². The second-order valence-corrected chi connectivity index (χ2v) is 7.26. The number of rotatable bonds is 4. The number of hydrogen-bond acceptors (Lipinski definition) is 3. The molecule has 2 aromatic carbocycles. The summed E-state index contributed by atoms with van der Waals surface area (Å²) in [6.07, 6.45) is 0. The molecule has 138 valence electrons. The van der Waals surface area contributed by atoms with Gasteiger partial charge in [0.15, 0.2) is 0 Å². The first-order valence-corrected chi connectivity index (χ1v) is 9.23. The highest BCUT2D eigenvalue weighted by Gasteiger charge is 2.21.